The van der Waals surface area contributed by atoms with Gasteiger partial charge in [0.15, 0.2) is 5.78 Å². The summed E-state index contributed by atoms with van der Waals surface area (Å²) in [7, 11) is 5.99. The van der Waals surface area contributed by atoms with Crippen molar-refractivity contribution in [2.75, 3.05) is 26.3 Å². The van der Waals surface area contributed by atoms with Gasteiger partial charge in [-0.1, -0.05) is 47.4 Å². The fourth-order valence-electron chi connectivity index (χ4n) is 3.57. The number of Topliss-reactive ketones (excluding diaryl/α,β-unsaturated/α-hetero) is 1. The fraction of sp³-hybridized carbons (Fsp3) is 0.250. The van der Waals surface area contributed by atoms with Crippen LogP contribution in [0, 0.1) is 0 Å². The summed E-state index contributed by atoms with van der Waals surface area (Å²) in [6.07, 6.45) is 1.97. The van der Waals surface area contributed by atoms with Gasteiger partial charge in [-0.25, -0.2) is 0 Å². The molecule has 2 aromatic carbocycles. The third kappa shape index (κ3) is 3.18. The van der Waals surface area contributed by atoms with Gasteiger partial charge in [-0.05, 0) is 29.3 Å². The molecule has 0 saturated carbocycles. The number of benzene rings is 2. The van der Waals surface area contributed by atoms with Crippen LogP contribution in [0.5, 0.6) is 0 Å². The lowest BCUT2D eigenvalue weighted by Crippen LogP contribution is -2.39. The molecule has 0 spiro atoms. The number of fused-ring (bicyclic) bond motifs is 1. The molecule has 0 aromatic heterocycles. The van der Waals surface area contributed by atoms with E-state index in [-0.39, 0.29) is 11.8 Å². The van der Waals surface area contributed by atoms with Crippen LogP contribution >= 0.6 is 11.6 Å². The minimum atomic E-state index is -0.0782. The second-order valence-electron chi connectivity index (χ2n) is 6.38. The summed E-state index contributed by atoms with van der Waals surface area (Å²) >= 11 is 5.97. The molecule has 1 aliphatic carbocycles. The number of ether oxygens (including phenoxy) is 1. The van der Waals surface area contributed by atoms with Gasteiger partial charge in [-0.15, -0.1) is 0 Å². The normalized spacial score (nSPS) is 22.4. The Kier molecular flexibility index (Phi) is 4.51. The number of nitrogens with zero attached hydrogens (tertiary/aromatic N) is 1. The minimum Gasteiger partial charge on any atom is -0.379 e. The number of halogens is 1. The van der Waals surface area contributed by atoms with Crippen LogP contribution in [-0.4, -0.2) is 44.8 Å². The number of carbonyl (C=O) groups excluding carboxylic acids is 1. The highest BCUT2D eigenvalue weighted by atomic mass is 35.5. The van der Waals surface area contributed by atoms with E-state index in [1.54, 1.807) is 6.07 Å². The van der Waals surface area contributed by atoms with Crippen molar-refractivity contribution in [2.45, 2.75) is 6.04 Å². The van der Waals surface area contributed by atoms with Crippen LogP contribution in [0.1, 0.15) is 27.5 Å². The summed E-state index contributed by atoms with van der Waals surface area (Å²) in [6.45, 7) is 2.95. The molecule has 2 aliphatic rings. The molecule has 1 atom stereocenters. The second-order valence-corrected chi connectivity index (χ2v) is 6.81. The molecular formula is C20H17BClNO2. The summed E-state index contributed by atoms with van der Waals surface area (Å²) in [6, 6.07) is 13.0. The summed E-state index contributed by atoms with van der Waals surface area (Å²) in [4.78, 5) is 15.3. The van der Waals surface area contributed by atoms with Crippen LogP contribution in [0.15, 0.2) is 48.0 Å². The summed E-state index contributed by atoms with van der Waals surface area (Å²) in [5, 5.41) is 0.681. The number of hydrogen-bond acceptors (Lipinski definition) is 3. The van der Waals surface area contributed by atoms with E-state index in [0.717, 1.165) is 35.4 Å². The SMILES string of the molecule is [B]c1ccc2c(c1)C(N1CCOCC1)/C(=C\c1ccc(Cl)cc1)C2=O. The molecular weight excluding hydrogens is 332 g/mol. The largest absolute Gasteiger partial charge is 0.379 e. The molecule has 1 heterocycles. The average molecular weight is 350 g/mol. The quantitative estimate of drug-likeness (QED) is 0.617. The van der Waals surface area contributed by atoms with Crippen molar-refractivity contribution in [1.82, 2.24) is 4.90 Å². The molecule has 5 heteroatoms. The molecule has 2 aromatic rings. The topological polar surface area (TPSA) is 29.5 Å². The summed E-state index contributed by atoms with van der Waals surface area (Å²) in [5.74, 6) is 0.0708. The van der Waals surface area contributed by atoms with E-state index >= 15 is 0 Å². The Morgan fingerprint density at radius 3 is 2.56 bits per heavy atom. The highest BCUT2D eigenvalue weighted by Gasteiger charge is 2.38. The molecule has 3 nitrogen and oxygen atoms in total. The monoisotopic (exact) mass is 349 g/mol. The number of hydrogen-bond donors (Lipinski definition) is 0. The van der Waals surface area contributed by atoms with Gasteiger partial charge in [0.25, 0.3) is 0 Å². The van der Waals surface area contributed by atoms with Crippen LogP contribution in [0.4, 0.5) is 0 Å². The van der Waals surface area contributed by atoms with Gasteiger partial charge in [-0.2, -0.15) is 0 Å². The van der Waals surface area contributed by atoms with Crippen molar-refractivity contribution in [3.8, 4) is 0 Å². The molecule has 0 bridgehead atoms. The van der Waals surface area contributed by atoms with Crippen molar-refractivity contribution < 1.29 is 9.53 Å². The maximum absolute atomic E-state index is 13.0. The zero-order valence-electron chi connectivity index (χ0n) is 13.7. The fourth-order valence-corrected chi connectivity index (χ4v) is 3.70. The third-order valence-electron chi connectivity index (χ3n) is 4.77. The molecule has 1 saturated heterocycles. The maximum Gasteiger partial charge on any atom is 0.191 e. The zero-order valence-corrected chi connectivity index (χ0v) is 14.5. The predicted octanol–water partition coefficient (Wildman–Crippen LogP) is 2.79. The predicted molar refractivity (Wildman–Crippen MR) is 101 cm³/mol. The van der Waals surface area contributed by atoms with Crippen LogP contribution in [0.3, 0.4) is 0 Å². The molecule has 1 unspecified atom stereocenters. The highest BCUT2D eigenvalue weighted by molar-refractivity contribution is 6.33. The first kappa shape index (κ1) is 16.6. The van der Waals surface area contributed by atoms with Gasteiger partial charge in [0.1, 0.15) is 7.85 Å². The van der Waals surface area contributed by atoms with Gasteiger partial charge in [-0.3, -0.25) is 9.69 Å². The van der Waals surface area contributed by atoms with Crippen molar-refractivity contribution in [1.29, 1.82) is 0 Å². The standard InChI is InChI=1S/C20H17BClNO2/c21-14-3-6-16-17(12-14)19(23-7-9-25-10-8-23)18(20(16)24)11-13-1-4-15(22)5-2-13/h1-6,11-12,19H,7-10H2/b18-11+. The highest BCUT2D eigenvalue weighted by Crippen LogP contribution is 2.40. The second kappa shape index (κ2) is 6.79. The van der Waals surface area contributed by atoms with Crippen molar-refractivity contribution >= 4 is 36.8 Å². The minimum absolute atomic E-state index is 0.0708. The van der Waals surface area contributed by atoms with E-state index < -0.39 is 0 Å². The van der Waals surface area contributed by atoms with Gasteiger partial charge in [0.2, 0.25) is 0 Å². The lowest BCUT2D eigenvalue weighted by Gasteiger charge is -2.33. The summed E-state index contributed by atoms with van der Waals surface area (Å²) < 4.78 is 5.48. The van der Waals surface area contributed by atoms with E-state index in [0.29, 0.717) is 23.7 Å². The lowest BCUT2D eigenvalue weighted by atomic mass is 9.91. The Balaban J connectivity index is 1.80. The number of ketones is 1. The Hall–Kier alpha value is -1.88. The molecule has 4 rings (SSSR count). The van der Waals surface area contributed by atoms with E-state index in [4.69, 9.17) is 24.2 Å². The summed E-state index contributed by atoms with van der Waals surface area (Å²) in [5.41, 5.74) is 4.16. The first-order valence-corrected chi connectivity index (χ1v) is 8.74. The lowest BCUT2D eigenvalue weighted by molar-refractivity contribution is 0.0242. The van der Waals surface area contributed by atoms with Gasteiger partial charge < -0.3 is 4.74 Å². The Labute approximate surface area is 153 Å². The van der Waals surface area contributed by atoms with Crippen LogP contribution in [0.25, 0.3) is 6.08 Å². The van der Waals surface area contributed by atoms with E-state index in [2.05, 4.69) is 4.90 Å². The van der Waals surface area contributed by atoms with Gasteiger partial charge in [0, 0.05) is 29.2 Å². The van der Waals surface area contributed by atoms with Gasteiger partial charge >= 0.3 is 0 Å². The van der Waals surface area contributed by atoms with E-state index in [1.807, 2.05) is 42.5 Å². The van der Waals surface area contributed by atoms with E-state index in [9.17, 15) is 4.79 Å². The van der Waals surface area contributed by atoms with Crippen molar-refractivity contribution in [3.05, 3.63) is 69.8 Å². The van der Waals surface area contributed by atoms with Crippen LogP contribution in [0.2, 0.25) is 5.02 Å². The molecule has 0 amide bonds. The molecule has 25 heavy (non-hydrogen) atoms. The molecule has 2 radical (unpaired) electrons. The molecule has 1 fully saturated rings. The smallest absolute Gasteiger partial charge is 0.191 e. The number of carbonyl (C=O) groups is 1. The maximum atomic E-state index is 13.0. The molecule has 1 aliphatic heterocycles. The Morgan fingerprint density at radius 2 is 1.84 bits per heavy atom. The number of rotatable bonds is 2. The first-order chi connectivity index (χ1) is 12.1. The number of morpholine rings is 1. The van der Waals surface area contributed by atoms with Crippen LogP contribution in [-0.2, 0) is 4.74 Å². The van der Waals surface area contributed by atoms with Crippen LogP contribution < -0.4 is 5.46 Å². The Morgan fingerprint density at radius 1 is 1.12 bits per heavy atom. The first-order valence-electron chi connectivity index (χ1n) is 8.36. The zero-order chi connectivity index (χ0) is 17.4. The van der Waals surface area contributed by atoms with Crippen molar-refractivity contribution in [3.63, 3.8) is 0 Å². The molecule has 124 valence electrons. The third-order valence-corrected chi connectivity index (χ3v) is 5.03. The average Bonchev–Trinajstić information content (AvgIpc) is 2.89. The van der Waals surface area contributed by atoms with Crippen molar-refractivity contribution in [2.24, 2.45) is 0 Å². The van der Waals surface area contributed by atoms with Gasteiger partial charge in [0.05, 0.1) is 19.3 Å². The van der Waals surface area contributed by atoms with E-state index in [1.165, 1.54) is 0 Å². The molecule has 0 N–H and O–H groups in total. The Bertz CT molecular complexity index is 841.